The van der Waals surface area contributed by atoms with Crippen LogP contribution in [0.4, 0.5) is 5.69 Å². The largest absolute Gasteiger partial charge is 0.457 e. The second-order valence-electron chi connectivity index (χ2n) is 9.03. The summed E-state index contributed by atoms with van der Waals surface area (Å²) in [6.45, 7) is 4.37. The summed E-state index contributed by atoms with van der Waals surface area (Å²) in [5.74, 6) is 2.24. The highest BCUT2D eigenvalue weighted by molar-refractivity contribution is 6.28. The quantitative estimate of drug-likeness (QED) is 0.269. The van der Waals surface area contributed by atoms with Gasteiger partial charge in [-0.1, -0.05) is 56.3 Å². The van der Waals surface area contributed by atoms with Crippen molar-refractivity contribution in [3.05, 3.63) is 126 Å². The molecule has 4 aromatic rings. The molecule has 0 radical (unpaired) electrons. The molecule has 0 spiro atoms. The highest BCUT2D eigenvalue weighted by Crippen LogP contribution is 2.35. The minimum Gasteiger partial charge on any atom is -0.457 e. The Labute approximate surface area is 210 Å². The van der Waals surface area contributed by atoms with Gasteiger partial charge in [0.25, 0.3) is 11.8 Å². The van der Waals surface area contributed by atoms with Crippen molar-refractivity contribution in [1.82, 2.24) is 0 Å². The minimum absolute atomic E-state index is 0.214. The van der Waals surface area contributed by atoms with Gasteiger partial charge in [0.15, 0.2) is 0 Å². The molecule has 4 aromatic carbocycles. The lowest BCUT2D eigenvalue weighted by Crippen LogP contribution is -2.29. The summed E-state index contributed by atoms with van der Waals surface area (Å²) in [7, 11) is 0. The first-order chi connectivity index (χ1) is 17.4. The molecule has 0 saturated heterocycles. The van der Waals surface area contributed by atoms with Crippen molar-refractivity contribution in [3.63, 3.8) is 0 Å². The molecular weight excluding hydrogens is 450 g/mol. The predicted octanol–water partition coefficient (Wildman–Crippen LogP) is 7.03. The van der Waals surface area contributed by atoms with Crippen LogP contribution in [0.1, 0.15) is 25.0 Å². The Morgan fingerprint density at radius 1 is 0.528 bits per heavy atom. The lowest BCUT2D eigenvalue weighted by Gasteiger charge is -2.26. The van der Waals surface area contributed by atoms with Crippen molar-refractivity contribution in [3.8, 4) is 23.0 Å². The second-order valence-corrected chi connectivity index (χ2v) is 9.03. The Kier molecular flexibility index (Phi) is 6.13. The molecule has 0 aliphatic carbocycles. The van der Waals surface area contributed by atoms with Crippen molar-refractivity contribution in [2.24, 2.45) is 0 Å². The summed E-state index contributed by atoms with van der Waals surface area (Å²) < 4.78 is 11.9. The molecule has 0 atom stereocenters. The lowest BCUT2D eigenvalue weighted by atomic mass is 9.78. The molecule has 0 N–H and O–H groups in total. The third-order valence-electron chi connectivity index (χ3n) is 6.27. The van der Waals surface area contributed by atoms with Crippen LogP contribution in [0.3, 0.4) is 0 Å². The molecule has 36 heavy (non-hydrogen) atoms. The van der Waals surface area contributed by atoms with Gasteiger partial charge in [0.1, 0.15) is 23.0 Å². The van der Waals surface area contributed by atoms with E-state index in [1.54, 1.807) is 24.3 Å². The molecule has 0 bridgehead atoms. The summed E-state index contributed by atoms with van der Waals surface area (Å²) in [5.41, 5.74) is 2.63. The first-order valence-corrected chi connectivity index (χ1v) is 11.7. The lowest BCUT2D eigenvalue weighted by molar-refractivity contribution is -0.119. The van der Waals surface area contributed by atoms with Crippen LogP contribution in [0.2, 0.25) is 0 Å². The van der Waals surface area contributed by atoms with E-state index in [9.17, 15) is 9.59 Å². The van der Waals surface area contributed by atoms with Crippen LogP contribution in [0.5, 0.6) is 23.0 Å². The standard InChI is InChI=1S/C31H25NO4/c1-31(2,22-8-14-26(15-9-22)35-25-6-4-3-5-7-25)23-10-16-27(17-11-23)36-28-18-12-24(13-19-28)32-29(33)20-21-30(32)34/h3-21H,1-2H3. The fourth-order valence-corrected chi connectivity index (χ4v) is 4.12. The van der Waals surface area contributed by atoms with Crippen LogP contribution >= 0.6 is 0 Å². The SMILES string of the molecule is CC(C)(c1ccc(Oc2ccccc2)cc1)c1ccc(Oc2ccc(N3C(=O)C=CC3=O)cc2)cc1. The summed E-state index contributed by atoms with van der Waals surface area (Å²) in [6, 6.07) is 32.8. The van der Waals surface area contributed by atoms with Crippen LogP contribution in [0, 0.1) is 0 Å². The molecule has 1 aliphatic heterocycles. The third-order valence-corrected chi connectivity index (χ3v) is 6.27. The normalized spacial score (nSPS) is 13.2. The van der Waals surface area contributed by atoms with E-state index in [2.05, 4.69) is 38.1 Å². The van der Waals surface area contributed by atoms with Crippen molar-refractivity contribution < 1.29 is 19.1 Å². The smallest absolute Gasteiger partial charge is 0.258 e. The first-order valence-electron chi connectivity index (χ1n) is 11.7. The first kappa shape index (κ1) is 23.1. The Hall–Kier alpha value is -4.64. The average Bonchev–Trinajstić information content (AvgIpc) is 3.23. The number of imide groups is 1. The maximum absolute atomic E-state index is 11.8. The monoisotopic (exact) mass is 475 g/mol. The number of ether oxygens (including phenoxy) is 2. The number of para-hydroxylation sites is 1. The molecule has 1 heterocycles. The molecule has 178 valence electrons. The van der Waals surface area contributed by atoms with Crippen molar-refractivity contribution in [2.75, 3.05) is 4.90 Å². The highest BCUT2D eigenvalue weighted by atomic mass is 16.5. The van der Waals surface area contributed by atoms with Crippen LogP contribution in [0.25, 0.3) is 0 Å². The molecule has 5 heteroatoms. The van der Waals surface area contributed by atoms with Crippen LogP contribution in [-0.4, -0.2) is 11.8 Å². The summed E-state index contributed by atoms with van der Waals surface area (Å²) in [4.78, 5) is 24.8. The summed E-state index contributed by atoms with van der Waals surface area (Å²) in [5, 5.41) is 0. The summed E-state index contributed by atoms with van der Waals surface area (Å²) in [6.07, 6.45) is 2.53. The number of nitrogens with zero attached hydrogens (tertiary/aromatic N) is 1. The molecule has 0 unspecified atom stereocenters. The van der Waals surface area contributed by atoms with E-state index >= 15 is 0 Å². The van der Waals surface area contributed by atoms with Gasteiger partial charge in [-0.2, -0.15) is 0 Å². The Morgan fingerprint density at radius 3 is 1.36 bits per heavy atom. The van der Waals surface area contributed by atoms with Gasteiger partial charge in [0.05, 0.1) is 5.69 Å². The molecular formula is C31H25NO4. The molecule has 1 aliphatic rings. The van der Waals surface area contributed by atoms with Gasteiger partial charge < -0.3 is 9.47 Å². The molecule has 0 aromatic heterocycles. The van der Waals surface area contributed by atoms with Crippen molar-refractivity contribution in [1.29, 1.82) is 0 Å². The number of rotatable bonds is 7. The Morgan fingerprint density at radius 2 is 0.917 bits per heavy atom. The van der Waals surface area contributed by atoms with E-state index in [0.29, 0.717) is 17.2 Å². The fraction of sp³-hybridized carbons (Fsp3) is 0.0968. The second kappa shape index (κ2) is 9.55. The molecule has 0 saturated carbocycles. The topological polar surface area (TPSA) is 55.8 Å². The minimum atomic E-state index is -0.342. The number of benzene rings is 4. The van der Waals surface area contributed by atoms with Gasteiger partial charge in [-0.05, 0) is 71.8 Å². The highest BCUT2D eigenvalue weighted by Gasteiger charge is 2.25. The van der Waals surface area contributed by atoms with Gasteiger partial charge in [-0.3, -0.25) is 9.59 Å². The van der Waals surface area contributed by atoms with E-state index in [-0.39, 0.29) is 17.2 Å². The third kappa shape index (κ3) is 4.77. The van der Waals surface area contributed by atoms with E-state index in [0.717, 1.165) is 22.0 Å². The van der Waals surface area contributed by atoms with Gasteiger partial charge in [0.2, 0.25) is 0 Å². The number of carbonyl (C=O) groups excluding carboxylic acids is 2. The number of hydrogen-bond donors (Lipinski definition) is 0. The number of amides is 2. The molecule has 5 nitrogen and oxygen atoms in total. The van der Waals surface area contributed by atoms with Crippen LogP contribution in [-0.2, 0) is 15.0 Å². The summed E-state index contributed by atoms with van der Waals surface area (Å²) >= 11 is 0. The Bertz CT molecular complexity index is 1390. The average molecular weight is 476 g/mol. The van der Waals surface area contributed by atoms with Gasteiger partial charge in [-0.25, -0.2) is 4.90 Å². The number of carbonyl (C=O) groups is 2. The van der Waals surface area contributed by atoms with E-state index in [1.165, 1.54) is 17.7 Å². The predicted molar refractivity (Wildman–Crippen MR) is 140 cm³/mol. The Balaban J connectivity index is 1.25. The van der Waals surface area contributed by atoms with E-state index in [1.807, 2.05) is 54.6 Å². The van der Waals surface area contributed by atoms with Crippen molar-refractivity contribution in [2.45, 2.75) is 19.3 Å². The van der Waals surface area contributed by atoms with Gasteiger partial charge in [0, 0.05) is 17.6 Å². The van der Waals surface area contributed by atoms with Crippen molar-refractivity contribution >= 4 is 17.5 Å². The fourth-order valence-electron chi connectivity index (χ4n) is 4.12. The zero-order valence-electron chi connectivity index (χ0n) is 20.0. The number of anilines is 1. The molecule has 5 rings (SSSR count). The van der Waals surface area contributed by atoms with Crippen LogP contribution < -0.4 is 14.4 Å². The van der Waals surface area contributed by atoms with E-state index in [4.69, 9.17) is 9.47 Å². The maximum atomic E-state index is 11.8. The molecule has 0 fully saturated rings. The zero-order chi connectivity index (χ0) is 25.1. The van der Waals surface area contributed by atoms with Gasteiger partial charge in [-0.15, -0.1) is 0 Å². The number of hydrogen-bond acceptors (Lipinski definition) is 4. The maximum Gasteiger partial charge on any atom is 0.258 e. The zero-order valence-corrected chi connectivity index (χ0v) is 20.0. The van der Waals surface area contributed by atoms with E-state index < -0.39 is 0 Å². The molecule has 2 amide bonds. The van der Waals surface area contributed by atoms with Crippen LogP contribution in [0.15, 0.2) is 115 Å². The van der Waals surface area contributed by atoms with Gasteiger partial charge >= 0.3 is 0 Å².